The highest BCUT2D eigenvalue weighted by Gasteiger charge is 2.76. The van der Waals surface area contributed by atoms with Crippen LogP contribution >= 0.6 is 0 Å². The molecule has 8 heteroatoms. The van der Waals surface area contributed by atoms with E-state index in [4.69, 9.17) is 18.6 Å². The number of esters is 2. The van der Waals surface area contributed by atoms with Crippen molar-refractivity contribution in [2.75, 3.05) is 7.11 Å². The van der Waals surface area contributed by atoms with Gasteiger partial charge in [0.05, 0.1) is 42.7 Å². The number of carbonyl (C=O) groups is 3. The van der Waals surface area contributed by atoms with E-state index in [9.17, 15) is 19.5 Å². The number of hydrogen-bond donors (Lipinski definition) is 1. The highest BCUT2D eigenvalue weighted by Crippen LogP contribution is 2.68. The number of furan rings is 1. The monoisotopic (exact) mass is 484 g/mol. The Labute approximate surface area is 204 Å². The Kier molecular flexibility index (Phi) is 5.24. The number of ketones is 1. The second kappa shape index (κ2) is 7.64. The maximum absolute atomic E-state index is 13.6. The minimum Gasteiger partial charge on any atom is -0.472 e. The molecule has 35 heavy (non-hydrogen) atoms. The first-order chi connectivity index (χ1) is 16.4. The predicted octanol–water partition coefficient (Wildman–Crippen LogP) is 3.10. The van der Waals surface area contributed by atoms with Crippen LogP contribution in [0.25, 0.3) is 0 Å². The SMILES string of the molecule is COC(=O)C1C2(C)C3=C(C)C(c4ccoc4)CC3OC2C(OC(C)=O)C2C(C)(O)C=CC(=O)C21C. The van der Waals surface area contributed by atoms with E-state index in [0.717, 1.165) is 16.7 Å². The number of methoxy groups -OCH3 is 1. The molecule has 2 fully saturated rings. The second-order valence-corrected chi connectivity index (χ2v) is 11.0. The van der Waals surface area contributed by atoms with Gasteiger partial charge in [-0.25, -0.2) is 0 Å². The molecule has 1 saturated heterocycles. The van der Waals surface area contributed by atoms with Crippen LogP contribution in [0.4, 0.5) is 0 Å². The van der Waals surface area contributed by atoms with E-state index >= 15 is 0 Å². The number of fused-ring (bicyclic) bond motifs is 4. The first kappa shape index (κ1) is 24.0. The minimum absolute atomic E-state index is 0.0348. The number of ether oxygens (including phenoxy) is 3. The van der Waals surface area contributed by atoms with Crippen LogP contribution in [0.15, 0.2) is 46.3 Å². The summed E-state index contributed by atoms with van der Waals surface area (Å²) in [5, 5.41) is 11.5. The van der Waals surface area contributed by atoms with Gasteiger partial charge in [-0.05, 0) is 49.6 Å². The predicted molar refractivity (Wildman–Crippen MR) is 123 cm³/mol. The molecule has 3 aliphatic carbocycles. The van der Waals surface area contributed by atoms with Crippen molar-refractivity contribution in [3.05, 3.63) is 47.5 Å². The normalized spacial score (nSPS) is 44.0. The molecule has 9 unspecified atom stereocenters. The Morgan fingerprint density at radius 3 is 2.51 bits per heavy atom. The molecule has 0 aromatic carbocycles. The Morgan fingerprint density at radius 1 is 1.20 bits per heavy atom. The lowest BCUT2D eigenvalue weighted by Gasteiger charge is -2.60. The van der Waals surface area contributed by atoms with Crippen molar-refractivity contribution < 1.29 is 38.1 Å². The quantitative estimate of drug-likeness (QED) is 0.515. The molecule has 8 nitrogen and oxygen atoms in total. The molecule has 4 aliphatic rings. The van der Waals surface area contributed by atoms with Crippen molar-refractivity contribution in [3.63, 3.8) is 0 Å². The van der Waals surface area contributed by atoms with Crippen molar-refractivity contribution >= 4 is 17.7 Å². The summed E-state index contributed by atoms with van der Waals surface area (Å²) in [5.74, 6) is -3.26. The zero-order valence-corrected chi connectivity index (χ0v) is 20.9. The van der Waals surface area contributed by atoms with Crippen LogP contribution in [0, 0.1) is 22.7 Å². The zero-order chi connectivity index (χ0) is 25.5. The molecule has 188 valence electrons. The molecule has 1 aromatic rings. The van der Waals surface area contributed by atoms with E-state index in [0.29, 0.717) is 6.42 Å². The largest absolute Gasteiger partial charge is 0.472 e. The van der Waals surface area contributed by atoms with E-state index < -0.39 is 52.4 Å². The highest BCUT2D eigenvalue weighted by molar-refractivity contribution is 6.00. The maximum atomic E-state index is 13.6. The number of carbonyl (C=O) groups excluding carboxylic acids is 3. The van der Waals surface area contributed by atoms with Crippen molar-refractivity contribution in [1.29, 1.82) is 0 Å². The van der Waals surface area contributed by atoms with E-state index in [1.54, 1.807) is 26.4 Å². The van der Waals surface area contributed by atoms with Crippen molar-refractivity contribution in [3.8, 4) is 0 Å². The fraction of sp³-hybridized carbons (Fsp3) is 0.593. The standard InChI is InChI=1S/C27H32O8/c1-13-16(15-8-10-33-12-15)11-17-19(13)27(5)22(24(30)32-6)26(4)18(29)7-9-25(3,31)21(26)20(23(27)35-17)34-14(2)28/h7-10,12,16-17,20-23,31H,11H2,1-6H3. The molecule has 5 rings (SSSR count). The molecule has 2 heterocycles. The van der Waals surface area contributed by atoms with Crippen LogP contribution in [0.2, 0.25) is 0 Å². The van der Waals surface area contributed by atoms with Gasteiger partial charge in [0.2, 0.25) is 0 Å². The lowest BCUT2D eigenvalue weighted by Crippen LogP contribution is -2.71. The van der Waals surface area contributed by atoms with E-state index in [1.165, 1.54) is 26.2 Å². The summed E-state index contributed by atoms with van der Waals surface area (Å²) in [4.78, 5) is 39.5. The Balaban J connectivity index is 1.77. The molecule has 1 aromatic heterocycles. The van der Waals surface area contributed by atoms with Crippen LogP contribution in [-0.4, -0.2) is 53.9 Å². The van der Waals surface area contributed by atoms with Crippen molar-refractivity contribution in [1.82, 2.24) is 0 Å². The van der Waals surface area contributed by atoms with Crippen LogP contribution in [-0.2, 0) is 28.6 Å². The van der Waals surface area contributed by atoms with Gasteiger partial charge in [-0.2, -0.15) is 0 Å². The molecule has 1 aliphatic heterocycles. The molecule has 0 spiro atoms. The van der Waals surface area contributed by atoms with Crippen molar-refractivity contribution in [2.45, 2.75) is 70.9 Å². The highest BCUT2D eigenvalue weighted by atomic mass is 16.6. The summed E-state index contributed by atoms with van der Waals surface area (Å²) in [6.07, 6.45) is 4.68. The fourth-order valence-electron chi connectivity index (χ4n) is 7.93. The minimum atomic E-state index is -1.53. The molecular formula is C27H32O8. The molecular weight excluding hydrogens is 452 g/mol. The molecule has 0 radical (unpaired) electrons. The van der Waals surface area contributed by atoms with Gasteiger partial charge in [0.25, 0.3) is 0 Å². The van der Waals surface area contributed by atoms with Gasteiger partial charge in [0, 0.05) is 24.2 Å². The average Bonchev–Trinajstić information content (AvgIpc) is 3.47. The molecule has 0 bridgehead atoms. The van der Waals surface area contributed by atoms with Gasteiger partial charge in [0.15, 0.2) is 5.78 Å². The summed E-state index contributed by atoms with van der Waals surface area (Å²) in [6.45, 7) is 8.48. The molecule has 9 atom stereocenters. The van der Waals surface area contributed by atoms with E-state index in [1.807, 2.05) is 19.9 Å². The third-order valence-electron chi connectivity index (χ3n) is 9.09. The Morgan fingerprint density at radius 2 is 1.91 bits per heavy atom. The number of allylic oxidation sites excluding steroid dienone is 2. The van der Waals surface area contributed by atoms with Gasteiger partial charge < -0.3 is 23.7 Å². The molecule has 1 N–H and O–H groups in total. The van der Waals surface area contributed by atoms with Gasteiger partial charge in [-0.15, -0.1) is 0 Å². The molecule has 0 amide bonds. The van der Waals surface area contributed by atoms with E-state index in [2.05, 4.69) is 0 Å². The number of aliphatic hydroxyl groups is 1. The summed E-state index contributed by atoms with van der Waals surface area (Å²) in [7, 11) is 1.30. The lowest BCUT2D eigenvalue weighted by molar-refractivity contribution is -0.234. The third-order valence-corrected chi connectivity index (χ3v) is 9.09. The molecule has 1 saturated carbocycles. The van der Waals surface area contributed by atoms with Crippen LogP contribution in [0.3, 0.4) is 0 Å². The summed E-state index contributed by atoms with van der Waals surface area (Å²) >= 11 is 0. The average molecular weight is 485 g/mol. The summed E-state index contributed by atoms with van der Waals surface area (Å²) in [5.41, 5.74) is -0.954. The van der Waals surface area contributed by atoms with Crippen LogP contribution in [0.5, 0.6) is 0 Å². The number of rotatable bonds is 3. The first-order valence-electron chi connectivity index (χ1n) is 12.0. The third kappa shape index (κ3) is 3.02. The van der Waals surface area contributed by atoms with Crippen LogP contribution in [0.1, 0.15) is 52.5 Å². The lowest BCUT2D eigenvalue weighted by atomic mass is 9.43. The van der Waals surface area contributed by atoms with Gasteiger partial charge in [-0.3, -0.25) is 14.4 Å². The second-order valence-electron chi connectivity index (χ2n) is 11.0. The Hall–Kier alpha value is -2.71. The van der Waals surface area contributed by atoms with Crippen LogP contribution < -0.4 is 0 Å². The maximum Gasteiger partial charge on any atom is 0.310 e. The smallest absolute Gasteiger partial charge is 0.310 e. The van der Waals surface area contributed by atoms with Gasteiger partial charge >= 0.3 is 11.9 Å². The summed E-state index contributed by atoms with van der Waals surface area (Å²) in [6, 6.07) is 1.92. The van der Waals surface area contributed by atoms with E-state index in [-0.39, 0.29) is 17.8 Å². The summed E-state index contributed by atoms with van der Waals surface area (Å²) < 4.78 is 23.1. The van der Waals surface area contributed by atoms with Gasteiger partial charge in [-0.1, -0.05) is 19.4 Å². The fourth-order valence-corrected chi connectivity index (χ4v) is 7.93. The first-order valence-corrected chi connectivity index (χ1v) is 12.0. The Bertz CT molecular complexity index is 1140. The van der Waals surface area contributed by atoms with Gasteiger partial charge in [0.1, 0.15) is 12.2 Å². The zero-order valence-electron chi connectivity index (χ0n) is 20.9. The van der Waals surface area contributed by atoms with Crippen molar-refractivity contribution in [2.24, 2.45) is 22.7 Å². The number of hydrogen-bond acceptors (Lipinski definition) is 8. The topological polar surface area (TPSA) is 112 Å².